The lowest BCUT2D eigenvalue weighted by Crippen LogP contribution is -2.28. The highest BCUT2D eigenvalue weighted by atomic mass is 35.5. The molecule has 1 atom stereocenters. The van der Waals surface area contributed by atoms with Crippen LogP contribution in [0.1, 0.15) is 24.5 Å². The second kappa shape index (κ2) is 7.90. The van der Waals surface area contributed by atoms with Gasteiger partial charge in [0.1, 0.15) is 0 Å². The van der Waals surface area contributed by atoms with Gasteiger partial charge in [-0.25, -0.2) is 0 Å². The van der Waals surface area contributed by atoms with Gasteiger partial charge in [-0.1, -0.05) is 29.8 Å². The number of rotatable bonds is 7. The van der Waals surface area contributed by atoms with Crippen LogP contribution in [0.4, 0.5) is 0 Å². The number of halogens is 1. The van der Waals surface area contributed by atoms with Crippen LogP contribution in [0.2, 0.25) is 5.02 Å². The summed E-state index contributed by atoms with van der Waals surface area (Å²) < 4.78 is 5.35. The van der Waals surface area contributed by atoms with Gasteiger partial charge in [-0.2, -0.15) is 0 Å². The monoisotopic (exact) mass is 267 g/mol. The SMILES string of the molecule is C=CCCC(=O)NC[C@H](OC)c1cccc(Cl)c1. The molecule has 0 bridgehead atoms. The van der Waals surface area contributed by atoms with E-state index in [1.807, 2.05) is 18.2 Å². The highest BCUT2D eigenvalue weighted by Crippen LogP contribution is 2.19. The van der Waals surface area contributed by atoms with E-state index < -0.39 is 0 Å². The summed E-state index contributed by atoms with van der Waals surface area (Å²) in [5, 5.41) is 3.49. The van der Waals surface area contributed by atoms with Gasteiger partial charge in [-0.3, -0.25) is 4.79 Å². The molecule has 0 saturated heterocycles. The number of carbonyl (C=O) groups excluding carboxylic acids is 1. The Hall–Kier alpha value is -1.32. The molecule has 98 valence electrons. The number of carbonyl (C=O) groups is 1. The van der Waals surface area contributed by atoms with Crippen molar-refractivity contribution in [2.45, 2.75) is 18.9 Å². The van der Waals surface area contributed by atoms with Crippen molar-refractivity contribution in [1.29, 1.82) is 0 Å². The van der Waals surface area contributed by atoms with Crippen molar-refractivity contribution in [3.05, 3.63) is 47.5 Å². The number of ether oxygens (including phenoxy) is 1. The smallest absolute Gasteiger partial charge is 0.220 e. The minimum absolute atomic E-state index is 0.000946. The van der Waals surface area contributed by atoms with E-state index in [0.29, 0.717) is 24.4 Å². The molecule has 1 rings (SSSR count). The number of benzene rings is 1. The first-order valence-corrected chi connectivity index (χ1v) is 6.21. The maximum atomic E-state index is 11.5. The van der Waals surface area contributed by atoms with E-state index in [9.17, 15) is 4.79 Å². The molecule has 0 aliphatic rings. The fourth-order valence-electron chi connectivity index (χ4n) is 1.57. The van der Waals surface area contributed by atoms with Crippen molar-refractivity contribution in [3.8, 4) is 0 Å². The number of amides is 1. The van der Waals surface area contributed by atoms with Gasteiger partial charge in [0.05, 0.1) is 6.10 Å². The van der Waals surface area contributed by atoms with Gasteiger partial charge in [-0.15, -0.1) is 6.58 Å². The van der Waals surface area contributed by atoms with Gasteiger partial charge in [-0.05, 0) is 24.1 Å². The molecule has 1 aromatic rings. The largest absolute Gasteiger partial charge is 0.375 e. The fraction of sp³-hybridized carbons (Fsp3) is 0.357. The molecule has 1 aromatic carbocycles. The van der Waals surface area contributed by atoms with Gasteiger partial charge in [0.25, 0.3) is 0 Å². The zero-order chi connectivity index (χ0) is 13.4. The Morgan fingerprint density at radius 3 is 3.00 bits per heavy atom. The number of methoxy groups -OCH3 is 1. The zero-order valence-electron chi connectivity index (χ0n) is 10.5. The molecule has 18 heavy (non-hydrogen) atoms. The summed E-state index contributed by atoms with van der Waals surface area (Å²) in [7, 11) is 1.61. The number of hydrogen-bond donors (Lipinski definition) is 1. The zero-order valence-corrected chi connectivity index (χ0v) is 11.2. The molecule has 1 N–H and O–H groups in total. The predicted molar refractivity (Wildman–Crippen MR) is 73.6 cm³/mol. The Labute approximate surface area is 113 Å². The van der Waals surface area contributed by atoms with Crippen molar-refractivity contribution in [2.24, 2.45) is 0 Å². The fourth-order valence-corrected chi connectivity index (χ4v) is 1.77. The quantitative estimate of drug-likeness (QED) is 0.771. The molecule has 0 radical (unpaired) electrons. The molecule has 0 saturated carbocycles. The Kier molecular flexibility index (Phi) is 6.47. The van der Waals surface area contributed by atoms with E-state index in [0.717, 1.165) is 5.56 Å². The summed E-state index contributed by atoms with van der Waals surface area (Å²) in [5.74, 6) is -0.000946. The third kappa shape index (κ3) is 4.90. The average molecular weight is 268 g/mol. The third-order valence-corrected chi connectivity index (χ3v) is 2.80. The second-order valence-corrected chi connectivity index (χ2v) is 4.35. The lowest BCUT2D eigenvalue weighted by atomic mass is 10.1. The predicted octanol–water partition coefficient (Wildman–Crippen LogP) is 3.11. The van der Waals surface area contributed by atoms with E-state index in [4.69, 9.17) is 16.3 Å². The maximum Gasteiger partial charge on any atom is 0.220 e. The van der Waals surface area contributed by atoms with Crippen molar-refractivity contribution in [1.82, 2.24) is 5.32 Å². The lowest BCUT2D eigenvalue weighted by Gasteiger charge is -2.16. The van der Waals surface area contributed by atoms with E-state index in [2.05, 4.69) is 11.9 Å². The number of hydrogen-bond acceptors (Lipinski definition) is 2. The first-order valence-electron chi connectivity index (χ1n) is 5.83. The average Bonchev–Trinajstić information content (AvgIpc) is 2.37. The van der Waals surface area contributed by atoms with Gasteiger partial charge < -0.3 is 10.1 Å². The summed E-state index contributed by atoms with van der Waals surface area (Å²) in [5.41, 5.74) is 0.953. The van der Waals surface area contributed by atoms with Crippen LogP contribution < -0.4 is 5.32 Å². The molecule has 0 fully saturated rings. The highest BCUT2D eigenvalue weighted by molar-refractivity contribution is 6.30. The normalized spacial score (nSPS) is 11.9. The third-order valence-electron chi connectivity index (χ3n) is 2.57. The van der Waals surface area contributed by atoms with Crippen LogP contribution in [-0.2, 0) is 9.53 Å². The molecule has 4 heteroatoms. The summed E-state index contributed by atoms with van der Waals surface area (Å²) in [6, 6.07) is 7.44. The minimum atomic E-state index is -0.184. The van der Waals surface area contributed by atoms with Gasteiger partial charge >= 0.3 is 0 Å². The van der Waals surface area contributed by atoms with Crippen LogP contribution in [0.15, 0.2) is 36.9 Å². The van der Waals surface area contributed by atoms with E-state index >= 15 is 0 Å². The molecule has 0 aliphatic carbocycles. The Morgan fingerprint density at radius 2 is 2.39 bits per heavy atom. The van der Waals surface area contributed by atoms with Crippen LogP contribution in [0, 0.1) is 0 Å². The number of nitrogens with one attached hydrogen (secondary N) is 1. The minimum Gasteiger partial charge on any atom is -0.375 e. The lowest BCUT2D eigenvalue weighted by molar-refractivity contribution is -0.121. The highest BCUT2D eigenvalue weighted by Gasteiger charge is 2.12. The van der Waals surface area contributed by atoms with Crippen LogP contribution in [0.3, 0.4) is 0 Å². The summed E-state index contributed by atoms with van der Waals surface area (Å²) in [4.78, 5) is 11.5. The Morgan fingerprint density at radius 1 is 1.61 bits per heavy atom. The standard InChI is InChI=1S/C14H18ClNO2/c1-3-4-8-14(17)16-10-13(18-2)11-6-5-7-12(15)9-11/h3,5-7,9,13H,1,4,8,10H2,2H3,(H,16,17)/t13-/m0/s1. The van der Waals surface area contributed by atoms with Crippen molar-refractivity contribution in [2.75, 3.05) is 13.7 Å². The Bertz CT molecular complexity index is 407. The van der Waals surface area contributed by atoms with Gasteiger partial charge in [0.2, 0.25) is 5.91 Å². The van der Waals surface area contributed by atoms with Gasteiger partial charge in [0.15, 0.2) is 0 Å². The van der Waals surface area contributed by atoms with E-state index in [1.165, 1.54) is 0 Å². The van der Waals surface area contributed by atoms with Gasteiger partial charge in [0, 0.05) is 25.1 Å². The van der Waals surface area contributed by atoms with Crippen molar-refractivity contribution >= 4 is 17.5 Å². The summed E-state index contributed by atoms with van der Waals surface area (Å²) in [6.07, 6.45) is 2.68. The van der Waals surface area contributed by atoms with Crippen LogP contribution in [-0.4, -0.2) is 19.6 Å². The molecule has 0 aliphatic heterocycles. The maximum absolute atomic E-state index is 11.5. The van der Waals surface area contributed by atoms with Crippen LogP contribution in [0.25, 0.3) is 0 Å². The van der Waals surface area contributed by atoms with Crippen LogP contribution >= 0.6 is 11.6 Å². The second-order valence-electron chi connectivity index (χ2n) is 3.91. The molecular weight excluding hydrogens is 250 g/mol. The van der Waals surface area contributed by atoms with Crippen molar-refractivity contribution in [3.63, 3.8) is 0 Å². The molecule has 0 spiro atoms. The molecule has 1 amide bonds. The molecular formula is C14H18ClNO2. The summed E-state index contributed by atoms with van der Waals surface area (Å²) in [6.45, 7) is 4.02. The molecule has 3 nitrogen and oxygen atoms in total. The first kappa shape index (κ1) is 14.7. The first-order chi connectivity index (χ1) is 8.67. The van der Waals surface area contributed by atoms with E-state index in [-0.39, 0.29) is 12.0 Å². The topological polar surface area (TPSA) is 38.3 Å². The van der Waals surface area contributed by atoms with Crippen molar-refractivity contribution < 1.29 is 9.53 Å². The molecule has 0 aromatic heterocycles. The Balaban J connectivity index is 2.52. The van der Waals surface area contributed by atoms with Crippen LogP contribution in [0.5, 0.6) is 0 Å². The number of allylic oxidation sites excluding steroid dienone is 1. The summed E-state index contributed by atoms with van der Waals surface area (Å²) >= 11 is 5.92. The molecule has 0 unspecified atom stereocenters. The molecule has 0 heterocycles. The van der Waals surface area contributed by atoms with E-state index in [1.54, 1.807) is 19.3 Å².